The summed E-state index contributed by atoms with van der Waals surface area (Å²) >= 11 is 3.43. The number of esters is 1. The van der Waals surface area contributed by atoms with Gasteiger partial charge in [0.2, 0.25) is 0 Å². The topological polar surface area (TPSA) is 26.3 Å². The summed E-state index contributed by atoms with van der Waals surface area (Å²) in [4.78, 5) is 11.8. The summed E-state index contributed by atoms with van der Waals surface area (Å²) in [7, 11) is 1.44. The van der Waals surface area contributed by atoms with E-state index in [2.05, 4.69) is 15.9 Å². The smallest absolute Gasteiger partial charge is 0.313 e. The highest BCUT2D eigenvalue weighted by molar-refractivity contribution is 9.10. The summed E-state index contributed by atoms with van der Waals surface area (Å²) in [6.45, 7) is 6.07. The number of aryl methyl sites for hydroxylation is 1. The van der Waals surface area contributed by atoms with Crippen molar-refractivity contribution < 1.29 is 9.53 Å². The average Bonchev–Trinajstić information content (AvgIpc) is 2.22. The number of ether oxygens (including phenoxy) is 1. The first-order valence-electron chi connectivity index (χ1n) is 5.31. The van der Waals surface area contributed by atoms with Gasteiger partial charge >= 0.3 is 5.97 Å². The third kappa shape index (κ3) is 2.85. The van der Waals surface area contributed by atoms with Crippen molar-refractivity contribution in [2.24, 2.45) is 5.92 Å². The molecule has 1 atom stereocenters. The van der Waals surface area contributed by atoms with E-state index in [0.29, 0.717) is 0 Å². The van der Waals surface area contributed by atoms with Crippen LogP contribution in [0.2, 0.25) is 0 Å². The molecule has 0 aromatic heterocycles. The zero-order valence-corrected chi connectivity index (χ0v) is 11.7. The molecule has 0 radical (unpaired) electrons. The summed E-state index contributed by atoms with van der Waals surface area (Å²) in [6.07, 6.45) is 0. The predicted octanol–water partition coefficient (Wildman–Crippen LogP) is 3.67. The number of carbonyl (C=O) groups is 1. The second-order valence-corrected chi connectivity index (χ2v) is 5.16. The number of hydrogen-bond donors (Lipinski definition) is 0. The molecule has 0 N–H and O–H groups in total. The quantitative estimate of drug-likeness (QED) is 0.792. The van der Waals surface area contributed by atoms with Crippen LogP contribution in [0.4, 0.5) is 0 Å². The largest absolute Gasteiger partial charge is 0.469 e. The highest BCUT2D eigenvalue weighted by Gasteiger charge is 2.26. The van der Waals surface area contributed by atoms with Gasteiger partial charge in [0.25, 0.3) is 0 Å². The first-order chi connectivity index (χ1) is 7.47. The summed E-state index contributed by atoms with van der Waals surface area (Å²) in [5.74, 6) is -0.140. The van der Waals surface area contributed by atoms with Crippen molar-refractivity contribution >= 4 is 21.9 Å². The number of halogens is 1. The van der Waals surface area contributed by atoms with Crippen LogP contribution >= 0.6 is 15.9 Å². The molecule has 0 aliphatic carbocycles. The van der Waals surface area contributed by atoms with Gasteiger partial charge in [0.05, 0.1) is 13.0 Å². The van der Waals surface area contributed by atoms with Crippen LogP contribution in [-0.4, -0.2) is 13.1 Å². The van der Waals surface area contributed by atoms with E-state index in [1.54, 1.807) is 0 Å². The van der Waals surface area contributed by atoms with Crippen molar-refractivity contribution in [2.45, 2.75) is 26.7 Å². The van der Waals surface area contributed by atoms with Crippen LogP contribution in [0.1, 0.15) is 30.9 Å². The fraction of sp³-hybridized carbons (Fsp3) is 0.462. The number of benzene rings is 1. The van der Waals surface area contributed by atoms with Gasteiger partial charge in [-0.05, 0) is 36.1 Å². The molecule has 16 heavy (non-hydrogen) atoms. The molecule has 1 rings (SSSR count). The van der Waals surface area contributed by atoms with Crippen LogP contribution < -0.4 is 0 Å². The minimum atomic E-state index is -0.192. The third-order valence-electron chi connectivity index (χ3n) is 2.70. The Kier molecular flexibility index (Phi) is 4.54. The van der Waals surface area contributed by atoms with Gasteiger partial charge in [-0.1, -0.05) is 35.8 Å². The Morgan fingerprint density at radius 1 is 1.38 bits per heavy atom. The average molecular weight is 285 g/mol. The molecular formula is C13H17BrO2. The first kappa shape index (κ1) is 13.2. The summed E-state index contributed by atoms with van der Waals surface area (Å²) in [6, 6.07) is 5.99. The molecule has 0 bridgehead atoms. The lowest BCUT2D eigenvalue weighted by molar-refractivity contribution is -0.143. The zero-order valence-electron chi connectivity index (χ0n) is 10.1. The van der Waals surface area contributed by atoms with Crippen molar-refractivity contribution in [3.05, 3.63) is 33.8 Å². The van der Waals surface area contributed by atoms with E-state index < -0.39 is 0 Å². The molecule has 2 nitrogen and oxygen atoms in total. The minimum Gasteiger partial charge on any atom is -0.469 e. The van der Waals surface area contributed by atoms with E-state index in [1.807, 2.05) is 39.0 Å². The van der Waals surface area contributed by atoms with Crippen LogP contribution in [0, 0.1) is 12.8 Å². The van der Waals surface area contributed by atoms with Crippen LogP contribution in [0.25, 0.3) is 0 Å². The Balaban J connectivity index is 3.20. The van der Waals surface area contributed by atoms with Crippen LogP contribution in [0.15, 0.2) is 22.7 Å². The number of rotatable bonds is 3. The van der Waals surface area contributed by atoms with Gasteiger partial charge in [0, 0.05) is 4.47 Å². The second-order valence-electron chi connectivity index (χ2n) is 4.25. The Morgan fingerprint density at radius 2 is 2.00 bits per heavy atom. The summed E-state index contributed by atoms with van der Waals surface area (Å²) in [5.41, 5.74) is 2.16. The van der Waals surface area contributed by atoms with E-state index in [-0.39, 0.29) is 17.8 Å². The molecule has 0 spiro atoms. The standard InChI is InChI=1S/C13H17BrO2/c1-8(2)12(13(15)16-4)11-7-10(14)6-5-9(11)3/h5-8,12H,1-4H3. The van der Waals surface area contributed by atoms with E-state index >= 15 is 0 Å². The van der Waals surface area contributed by atoms with Gasteiger partial charge in [-0.15, -0.1) is 0 Å². The van der Waals surface area contributed by atoms with E-state index in [9.17, 15) is 4.79 Å². The molecule has 0 fully saturated rings. The third-order valence-corrected chi connectivity index (χ3v) is 3.19. The van der Waals surface area contributed by atoms with E-state index in [4.69, 9.17) is 4.74 Å². The zero-order chi connectivity index (χ0) is 12.3. The van der Waals surface area contributed by atoms with Crippen molar-refractivity contribution in [1.82, 2.24) is 0 Å². The molecule has 1 aromatic carbocycles. The molecule has 1 unspecified atom stereocenters. The lowest BCUT2D eigenvalue weighted by atomic mass is 9.86. The molecule has 0 amide bonds. The van der Waals surface area contributed by atoms with Gasteiger partial charge in [-0.25, -0.2) is 0 Å². The molecule has 88 valence electrons. The Hall–Kier alpha value is -0.830. The minimum absolute atomic E-state index is 0.170. The van der Waals surface area contributed by atoms with Gasteiger partial charge in [-0.2, -0.15) is 0 Å². The Labute approximate surface area is 105 Å². The maximum Gasteiger partial charge on any atom is 0.313 e. The fourth-order valence-electron chi connectivity index (χ4n) is 1.83. The monoisotopic (exact) mass is 284 g/mol. The number of methoxy groups -OCH3 is 1. The summed E-state index contributed by atoms with van der Waals surface area (Å²) in [5, 5.41) is 0. The van der Waals surface area contributed by atoms with Crippen LogP contribution in [0.3, 0.4) is 0 Å². The van der Waals surface area contributed by atoms with Crippen molar-refractivity contribution in [1.29, 1.82) is 0 Å². The fourth-order valence-corrected chi connectivity index (χ4v) is 2.21. The molecule has 0 aliphatic heterocycles. The van der Waals surface area contributed by atoms with Crippen molar-refractivity contribution in [3.8, 4) is 0 Å². The van der Waals surface area contributed by atoms with Gasteiger partial charge in [-0.3, -0.25) is 4.79 Å². The molecule has 1 aromatic rings. The van der Waals surface area contributed by atoms with Crippen LogP contribution in [-0.2, 0) is 9.53 Å². The lowest BCUT2D eigenvalue weighted by Crippen LogP contribution is -2.20. The number of hydrogen-bond acceptors (Lipinski definition) is 2. The van der Waals surface area contributed by atoms with Crippen molar-refractivity contribution in [3.63, 3.8) is 0 Å². The van der Waals surface area contributed by atoms with E-state index in [1.165, 1.54) is 7.11 Å². The highest BCUT2D eigenvalue weighted by Crippen LogP contribution is 2.30. The van der Waals surface area contributed by atoms with Crippen LogP contribution in [0.5, 0.6) is 0 Å². The molecule has 0 heterocycles. The Bertz CT molecular complexity index is 386. The maximum absolute atomic E-state index is 11.8. The lowest BCUT2D eigenvalue weighted by Gasteiger charge is -2.20. The Morgan fingerprint density at radius 3 is 2.50 bits per heavy atom. The molecule has 0 saturated carbocycles. The number of carbonyl (C=O) groups excluding carboxylic acids is 1. The first-order valence-corrected chi connectivity index (χ1v) is 6.10. The maximum atomic E-state index is 11.8. The molecule has 0 saturated heterocycles. The van der Waals surface area contributed by atoms with Gasteiger partial charge in [0.1, 0.15) is 0 Å². The van der Waals surface area contributed by atoms with E-state index in [0.717, 1.165) is 15.6 Å². The van der Waals surface area contributed by atoms with Gasteiger partial charge < -0.3 is 4.74 Å². The molecule has 0 aliphatic rings. The summed E-state index contributed by atoms with van der Waals surface area (Å²) < 4.78 is 5.86. The van der Waals surface area contributed by atoms with Gasteiger partial charge in [0.15, 0.2) is 0 Å². The predicted molar refractivity (Wildman–Crippen MR) is 68.5 cm³/mol. The normalized spacial score (nSPS) is 12.6. The molecular weight excluding hydrogens is 268 g/mol. The van der Waals surface area contributed by atoms with Crippen molar-refractivity contribution in [2.75, 3.05) is 7.11 Å². The second kappa shape index (κ2) is 5.48. The molecule has 3 heteroatoms. The SMILES string of the molecule is COC(=O)C(c1cc(Br)ccc1C)C(C)C. The highest BCUT2D eigenvalue weighted by atomic mass is 79.9.